The lowest BCUT2D eigenvalue weighted by molar-refractivity contribution is 0.313. The van der Waals surface area contributed by atoms with Crippen molar-refractivity contribution in [1.29, 1.82) is 0 Å². The van der Waals surface area contributed by atoms with Gasteiger partial charge in [-0.25, -0.2) is 0 Å². The van der Waals surface area contributed by atoms with Crippen LogP contribution in [0.1, 0.15) is 11.1 Å². The molecule has 0 aliphatic carbocycles. The van der Waals surface area contributed by atoms with Crippen LogP contribution in [0.3, 0.4) is 0 Å². The molecule has 0 bridgehead atoms. The van der Waals surface area contributed by atoms with E-state index in [1.54, 1.807) is 0 Å². The molecule has 0 fully saturated rings. The molecule has 2 aromatic rings. The van der Waals surface area contributed by atoms with E-state index in [1.165, 1.54) is 11.1 Å². The molecule has 106 valence electrons. The average molecular weight is 268 g/mol. The predicted octanol–water partition coefficient (Wildman–Crippen LogP) is 2.73. The van der Waals surface area contributed by atoms with E-state index in [4.69, 9.17) is 5.73 Å². The SMILES string of the molecule is CN(CCc1ccccc1)CC(N)Cc1ccccc1. The van der Waals surface area contributed by atoms with Crippen molar-refractivity contribution in [3.05, 3.63) is 71.8 Å². The minimum atomic E-state index is 0.193. The van der Waals surface area contributed by atoms with Crippen molar-refractivity contribution >= 4 is 0 Å². The first-order chi connectivity index (χ1) is 9.74. The first-order valence-electron chi connectivity index (χ1n) is 7.26. The van der Waals surface area contributed by atoms with E-state index in [0.29, 0.717) is 0 Å². The van der Waals surface area contributed by atoms with E-state index in [0.717, 1.165) is 25.9 Å². The number of nitrogens with two attached hydrogens (primary N) is 1. The quantitative estimate of drug-likeness (QED) is 0.836. The third-order valence-electron chi connectivity index (χ3n) is 3.51. The van der Waals surface area contributed by atoms with Gasteiger partial charge in [-0.05, 0) is 31.0 Å². The van der Waals surface area contributed by atoms with Crippen LogP contribution < -0.4 is 5.73 Å². The zero-order valence-electron chi connectivity index (χ0n) is 12.2. The summed E-state index contributed by atoms with van der Waals surface area (Å²) in [4.78, 5) is 2.32. The molecular weight excluding hydrogens is 244 g/mol. The van der Waals surface area contributed by atoms with Gasteiger partial charge in [0.25, 0.3) is 0 Å². The highest BCUT2D eigenvalue weighted by atomic mass is 15.1. The fourth-order valence-electron chi connectivity index (χ4n) is 2.44. The molecule has 0 spiro atoms. The third kappa shape index (κ3) is 5.16. The van der Waals surface area contributed by atoms with Crippen molar-refractivity contribution in [2.45, 2.75) is 18.9 Å². The highest BCUT2D eigenvalue weighted by Gasteiger charge is 2.07. The standard InChI is InChI=1S/C18H24N2/c1-20(13-12-16-8-4-2-5-9-16)15-18(19)14-17-10-6-3-7-11-17/h2-11,18H,12-15,19H2,1H3. The molecule has 0 aliphatic heterocycles. The Balaban J connectivity index is 1.72. The van der Waals surface area contributed by atoms with Crippen LogP contribution in [0.15, 0.2) is 60.7 Å². The Morgan fingerprint density at radius 1 is 0.900 bits per heavy atom. The maximum atomic E-state index is 6.23. The number of likely N-dealkylation sites (N-methyl/N-ethyl adjacent to an activating group) is 1. The van der Waals surface area contributed by atoms with E-state index in [9.17, 15) is 0 Å². The monoisotopic (exact) mass is 268 g/mol. The highest BCUT2D eigenvalue weighted by molar-refractivity contribution is 5.16. The molecule has 0 saturated heterocycles. The van der Waals surface area contributed by atoms with E-state index in [-0.39, 0.29) is 6.04 Å². The van der Waals surface area contributed by atoms with Gasteiger partial charge in [0.1, 0.15) is 0 Å². The summed E-state index contributed by atoms with van der Waals surface area (Å²) in [5, 5.41) is 0. The average Bonchev–Trinajstić information content (AvgIpc) is 2.47. The minimum Gasteiger partial charge on any atom is -0.326 e. The Morgan fingerprint density at radius 2 is 1.45 bits per heavy atom. The van der Waals surface area contributed by atoms with E-state index >= 15 is 0 Å². The Bertz CT molecular complexity index is 481. The van der Waals surface area contributed by atoms with Crippen molar-refractivity contribution < 1.29 is 0 Å². The molecule has 2 nitrogen and oxygen atoms in total. The molecule has 0 aliphatic rings. The van der Waals surface area contributed by atoms with Crippen LogP contribution in [0.2, 0.25) is 0 Å². The van der Waals surface area contributed by atoms with Crippen molar-refractivity contribution in [3.63, 3.8) is 0 Å². The molecule has 0 radical (unpaired) electrons. The molecule has 0 saturated carbocycles. The molecule has 2 N–H and O–H groups in total. The van der Waals surface area contributed by atoms with Gasteiger partial charge in [-0.3, -0.25) is 0 Å². The van der Waals surface area contributed by atoms with Crippen LogP contribution in [0.5, 0.6) is 0 Å². The second-order valence-electron chi connectivity index (χ2n) is 5.45. The number of hydrogen-bond acceptors (Lipinski definition) is 2. The van der Waals surface area contributed by atoms with Gasteiger partial charge in [0.05, 0.1) is 0 Å². The minimum absolute atomic E-state index is 0.193. The number of hydrogen-bond donors (Lipinski definition) is 1. The fourth-order valence-corrected chi connectivity index (χ4v) is 2.44. The Labute approximate surface area is 122 Å². The van der Waals surface area contributed by atoms with Crippen molar-refractivity contribution in [3.8, 4) is 0 Å². The third-order valence-corrected chi connectivity index (χ3v) is 3.51. The van der Waals surface area contributed by atoms with Crippen LogP contribution in [0, 0.1) is 0 Å². The summed E-state index contributed by atoms with van der Waals surface area (Å²) >= 11 is 0. The Morgan fingerprint density at radius 3 is 2.05 bits per heavy atom. The van der Waals surface area contributed by atoms with Gasteiger partial charge in [-0.15, -0.1) is 0 Å². The molecule has 20 heavy (non-hydrogen) atoms. The lowest BCUT2D eigenvalue weighted by Gasteiger charge is -2.21. The van der Waals surface area contributed by atoms with Gasteiger partial charge < -0.3 is 10.6 Å². The summed E-state index contributed by atoms with van der Waals surface area (Å²) < 4.78 is 0. The molecule has 1 unspecified atom stereocenters. The lowest BCUT2D eigenvalue weighted by atomic mass is 10.1. The maximum absolute atomic E-state index is 6.23. The van der Waals surface area contributed by atoms with Gasteiger partial charge in [0.15, 0.2) is 0 Å². The largest absolute Gasteiger partial charge is 0.326 e. The van der Waals surface area contributed by atoms with E-state index < -0.39 is 0 Å². The van der Waals surface area contributed by atoms with Gasteiger partial charge >= 0.3 is 0 Å². The molecule has 0 amide bonds. The number of nitrogens with zero attached hydrogens (tertiary/aromatic N) is 1. The maximum Gasteiger partial charge on any atom is 0.0208 e. The molecule has 0 heterocycles. The molecule has 2 rings (SSSR count). The van der Waals surface area contributed by atoms with Crippen LogP contribution in [0.4, 0.5) is 0 Å². The van der Waals surface area contributed by atoms with Crippen LogP contribution in [-0.2, 0) is 12.8 Å². The summed E-state index contributed by atoms with van der Waals surface area (Å²) in [6, 6.07) is 21.3. The van der Waals surface area contributed by atoms with Gasteiger partial charge in [-0.1, -0.05) is 60.7 Å². The number of rotatable bonds is 7. The normalized spacial score (nSPS) is 12.6. The molecule has 0 aromatic heterocycles. The summed E-state index contributed by atoms with van der Waals surface area (Å²) in [6.07, 6.45) is 2.02. The second kappa shape index (κ2) is 7.83. The zero-order chi connectivity index (χ0) is 14.2. The first-order valence-corrected chi connectivity index (χ1v) is 7.26. The van der Waals surface area contributed by atoms with Gasteiger partial charge in [-0.2, -0.15) is 0 Å². The summed E-state index contributed by atoms with van der Waals surface area (Å²) in [6.45, 7) is 1.98. The van der Waals surface area contributed by atoms with Crippen molar-refractivity contribution in [1.82, 2.24) is 4.90 Å². The Hall–Kier alpha value is -1.64. The molecule has 1 atom stereocenters. The van der Waals surface area contributed by atoms with Crippen LogP contribution in [0.25, 0.3) is 0 Å². The fraction of sp³-hybridized carbons (Fsp3) is 0.333. The van der Waals surface area contributed by atoms with E-state index in [2.05, 4.69) is 66.5 Å². The van der Waals surface area contributed by atoms with Gasteiger partial charge in [0, 0.05) is 19.1 Å². The van der Waals surface area contributed by atoms with Crippen molar-refractivity contribution in [2.75, 3.05) is 20.1 Å². The smallest absolute Gasteiger partial charge is 0.0208 e. The predicted molar refractivity (Wildman–Crippen MR) is 85.8 cm³/mol. The first kappa shape index (κ1) is 14.8. The summed E-state index contributed by atoms with van der Waals surface area (Å²) in [7, 11) is 2.15. The topological polar surface area (TPSA) is 29.3 Å². The Kier molecular flexibility index (Phi) is 5.78. The van der Waals surface area contributed by atoms with Gasteiger partial charge in [0.2, 0.25) is 0 Å². The van der Waals surface area contributed by atoms with Crippen LogP contribution >= 0.6 is 0 Å². The van der Waals surface area contributed by atoms with E-state index in [1.807, 2.05) is 6.07 Å². The number of benzene rings is 2. The summed E-state index contributed by atoms with van der Waals surface area (Å²) in [5.41, 5.74) is 8.94. The zero-order valence-corrected chi connectivity index (χ0v) is 12.2. The van der Waals surface area contributed by atoms with Crippen molar-refractivity contribution in [2.24, 2.45) is 5.73 Å². The highest BCUT2D eigenvalue weighted by Crippen LogP contribution is 2.04. The molecular formula is C18H24N2. The summed E-state index contributed by atoms with van der Waals surface area (Å²) in [5.74, 6) is 0. The second-order valence-corrected chi connectivity index (χ2v) is 5.45. The lowest BCUT2D eigenvalue weighted by Crippen LogP contribution is -2.37. The van der Waals surface area contributed by atoms with Crippen LogP contribution in [-0.4, -0.2) is 31.1 Å². The molecule has 2 aromatic carbocycles. The molecule has 2 heteroatoms.